The van der Waals surface area contributed by atoms with Crippen LogP contribution in [0.4, 0.5) is 5.69 Å². The molecule has 0 saturated heterocycles. The third-order valence-corrected chi connectivity index (χ3v) is 3.63. The van der Waals surface area contributed by atoms with Gasteiger partial charge >= 0.3 is 0 Å². The van der Waals surface area contributed by atoms with Crippen LogP contribution in [0.25, 0.3) is 0 Å². The summed E-state index contributed by atoms with van der Waals surface area (Å²) in [6.45, 7) is 2.69. The van der Waals surface area contributed by atoms with Gasteiger partial charge in [0.1, 0.15) is 0 Å². The standard InChI is InChI=1S/C19H19NO/c1-2-21-14-16-13-12-15-8-6-7-11-18(15)19(16)20-17-9-4-3-5-10-17/h3-11,14H,2,12-13H2,1H3/b16-14?,20-19+. The molecule has 0 aromatic heterocycles. The average molecular weight is 277 g/mol. The van der Waals surface area contributed by atoms with Gasteiger partial charge in [-0.25, -0.2) is 4.99 Å². The lowest BCUT2D eigenvalue weighted by molar-refractivity contribution is 0.266. The van der Waals surface area contributed by atoms with Crippen molar-refractivity contribution in [2.75, 3.05) is 6.61 Å². The van der Waals surface area contributed by atoms with E-state index in [1.807, 2.05) is 43.5 Å². The van der Waals surface area contributed by atoms with Crippen molar-refractivity contribution in [2.24, 2.45) is 4.99 Å². The van der Waals surface area contributed by atoms with Gasteiger partial charge in [-0.3, -0.25) is 0 Å². The van der Waals surface area contributed by atoms with Crippen LogP contribution in [-0.2, 0) is 11.2 Å². The summed E-state index contributed by atoms with van der Waals surface area (Å²) in [6.07, 6.45) is 3.89. The monoisotopic (exact) mass is 277 g/mol. The van der Waals surface area contributed by atoms with E-state index in [0.29, 0.717) is 6.61 Å². The highest BCUT2D eigenvalue weighted by Gasteiger charge is 2.20. The highest BCUT2D eigenvalue weighted by Crippen LogP contribution is 2.28. The molecule has 0 aliphatic heterocycles. The first-order valence-electron chi connectivity index (χ1n) is 7.41. The quantitative estimate of drug-likeness (QED) is 0.747. The van der Waals surface area contributed by atoms with Crippen LogP contribution in [0.15, 0.2) is 71.4 Å². The fraction of sp³-hybridized carbons (Fsp3) is 0.211. The highest BCUT2D eigenvalue weighted by molar-refractivity contribution is 6.15. The summed E-state index contributed by atoms with van der Waals surface area (Å²) in [6, 6.07) is 18.6. The van der Waals surface area contributed by atoms with Gasteiger partial charge in [0.05, 0.1) is 24.3 Å². The number of benzene rings is 2. The summed E-state index contributed by atoms with van der Waals surface area (Å²) in [5.41, 5.74) is 5.78. The van der Waals surface area contributed by atoms with Gasteiger partial charge in [0.2, 0.25) is 0 Å². The van der Waals surface area contributed by atoms with E-state index in [0.717, 1.165) is 24.2 Å². The van der Waals surface area contributed by atoms with Crippen LogP contribution >= 0.6 is 0 Å². The van der Waals surface area contributed by atoms with E-state index in [-0.39, 0.29) is 0 Å². The molecule has 0 heterocycles. The van der Waals surface area contributed by atoms with Gasteiger partial charge in [-0.1, -0.05) is 42.5 Å². The Hall–Kier alpha value is -2.35. The third-order valence-electron chi connectivity index (χ3n) is 3.63. The Labute approximate surface area is 125 Å². The summed E-state index contributed by atoms with van der Waals surface area (Å²) >= 11 is 0. The molecule has 0 saturated carbocycles. The Balaban J connectivity index is 2.08. The summed E-state index contributed by atoms with van der Waals surface area (Å²) in [7, 11) is 0. The predicted octanol–water partition coefficient (Wildman–Crippen LogP) is 4.67. The lowest BCUT2D eigenvalue weighted by Crippen LogP contribution is -2.15. The first-order chi connectivity index (χ1) is 10.4. The molecule has 1 aliphatic carbocycles. The van der Waals surface area contributed by atoms with Crippen LogP contribution in [-0.4, -0.2) is 12.3 Å². The molecule has 2 aromatic carbocycles. The van der Waals surface area contributed by atoms with Crippen LogP contribution < -0.4 is 0 Å². The number of ether oxygens (including phenoxy) is 1. The first kappa shape index (κ1) is 13.6. The number of allylic oxidation sites excluding steroid dienone is 1. The molecule has 0 fully saturated rings. The number of para-hydroxylation sites is 1. The molecule has 0 unspecified atom stereocenters. The molecule has 21 heavy (non-hydrogen) atoms. The molecule has 2 heteroatoms. The number of aryl methyl sites for hydroxylation is 1. The van der Waals surface area contributed by atoms with Gasteiger partial charge < -0.3 is 4.74 Å². The van der Waals surface area contributed by atoms with Gasteiger partial charge in [-0.2, -0.15) is 0 Å². The van der Waals surface area contributed by atoms with Crippen LogP contribution in [0.5, 0.6) is 0 Å². The van der Waals surface area contributed by atoms with E-state index < -0.39 is 0 Å². The smallest absolute Gasteiger partial charge is 0.0882 e. The predicted molar refractivity (Wildman–Crippen MR) is 87.1 cm³/mol. The number of nitrogens with zero attached hydrogens (tertiary/aromatic N) is 1. The molecule has 0 radical (unpaired) electrons. The zero-order valence-electron chi connectivity index (χ0n) is 12.3. The number of aliphatic imine (C=N–C) groups is 1. The van der Waals surface area contributed by atoms with Crippen LogP contribution in [0.1, 0.15) is 24.5 Å². The van der Waals surface area contributed by atoms with E-state index in [4.69, 9.17) is 9.73 Å². The van der Waals surface area contributed by atoms with Crippen molar-refractivity contribution in [3.8, 4) is 0 Å². The van der Waals surface area contributed by atoms with Crippen LogP contribution in [0.2, 0.25) is 0 Å². The van der Waals surface area contributed by atoms with Crippen molar-refractivity contribution in [3.05, 3.63) is 77.6 Å². The normalized spacial score (nSPS) is 17.8. The van der Waals surface area contributed by atoms with E-state index in [9.17, 15) is 0 Å². The largest absolute Gasteiger partial charge is 0.501 e. The maximum absolute atomic E-state index is 5.51. The third kappa shape index (κ3) is 3.05. The molecule has 0 bridgehead atoms. The molecule has 1 aliphatic rings. The van der Waals surface area contributed by atoms with E-state index in [2.05, 4.69) is 24.3 Å². The van der Waals surface area contributed by atoms with Gasteiger partial charge in [-0.05, 0) is 37.5 Å². The van der Waals surface area contributed by atoms with E-state index in [1.54, 1.807) is 0 Å². The maximum Gasteiger partial charge on any atom is 0.0882 e. The Kier molecular flexibility index (Phi) is 4.15. The van der Waals surface area contributed by atoms with Crippen LogP contribution in [0, 0.1) is 0 Å². The number of hydrogen-bond donors (Lipinski definition) is 0. The van der Waals surface area contributed by atoms with Crippen molar-refractivity contribution in [1.29, 1.82) is 0 Å². The van der Waals surface area contributed by atoms with Gasteiger partial charge in [-0.15, -0.1) is 0 Å². The van der Waals surface area contributed by atoms with E-state index >= 15 is 0 Å². The van der Waals surface area contributed by atoms with Crippen molar-refractivity contribution in [2.45, 2.75) is 19.8 Å². The van der Waals surface area contributed by atoms with Gasteiger partial charge in [0, 0.05) is 11.1 Å². The molecule has 106 valence electrons. The maximum atomic E-state index is 5.51. The minimum Gasteiger partial charge on any atom is -0.501 e. The van der Waals surface area contributed by atoms with Crippen molar-refractivity contribution >= 4 is 11.4 Å². The molecule has 2 nitrogen and oxygen atoms in total. The number of hydrogen-bond acceptors (Lipinski definition) is 2. The molecular weight excluding hydrogens is 258 g/mol. The highest BCUT2D eigenvalue weighted by atomic mass is 16.5. The Morgan fingerprint density at radius 3 is 2.57 bits per heavy atom. The van der Waals surface area contributed by atoms with Crippen molar-refractivity contribution < 1.29 is 4.74 Å². The number of fused-ring (bicyclic) bond motifs is 1. The molecule has 0 amide bonds. The Morgan fingerprint density at radius 1 is 1.00 bits per heavy atom. The molecule has 3 rings (SSSR count). The SMILES string of the molecule is CCOC=C1CCc2ccccc2/C1=N/c1ccccc1. The second-order valence-electron chi connectivity index (χ2n) is 5.05. The van der Waals surface area contributed by atoms with Crippen molar-refractivity contribution in [1.82, 2.24) is 0 Å². The second kappa shape index (κ2) is 6.40. The van der Waals surface area contributed by atoms with Crippen molar-refractivity contribution in [3.63, 3.8) is 0 Å². The summed E-state index contributed by atoms with van der Waals surface area (Å²) < 4.78 is 5.51. The summed E-state index contributed by atoms with van der Waals surface area (Å²) in [5.74, 6) is 0. The number of rotatable bonds is 3. The minimum atomic E-state index is 0.684. The molecule has 0 atom stereocenters. The molecule has 0 spiro atoms. The average Bonchev–Trinajstić information content (AvgIpc) is 2.55. The van der Waals surface area contributed by atoms with Crippen LogP contribution in [0.3, 0.4) is 0 Å². The Morgan fingerprint density at radius 2 is 1.76 bits per heavy atom. The molecule has 0 N–H and O–H groups in total. The Bertz CT molecular complexity index is 671. The lowest BCUT2D eigenvalue weighted by Gasteiger charge is -2.20. The zero-order chi connectivity index (χ0) is 14.5. The van der Waals surface area contributed by atoms with Gasteiger partial charge in [0.25, 0.3) is 0 Å². The first-order valence-corrected chi connectivity index (χ1v) is 7.41. The van der Waals surface area contributed by atoms with Gasteiger partial charge in [0.15, 0.2) is 0 Å². The zero-order valence-corrected chi connectivity index (χ0v) is 12.3. The summed E-state index contributed by atoms with van der Waals surface area (Å²) in [4.78, 5) is 4.86. The lowest BCUT2D eigenvalue weighted by atomic mass is 9.86. The topological polar surface area (TPSA) is 21.6 Å². The molecular formula is C19H19NO. The fourth-order valence-electron chi connectivity index (χ4n) is 2.59. The minimum absolute atomic E-state index is 0.684. The van der Waals surface area contributed by atoms with E-state index in [1.165, 1.54) is 16.7 Å². The summed E-state index contributed by atoms with van der Waals surface area (Å²) in [5, 5.41) is 0. The molecule has 2 aromatic rings. The fourth-order valence-corrected chi connectivity index (χ4v) is 2.59. The second-order valence-corrected chi connectivity index (χ2v) is 5.05.